The Kier molecular flexibility index (Phi) is 6.38. The Morgan fingerprint density at radius 1 is 1.21 bits per heavy atom. The standard InChI is InChI=1S/C20H26N2O2/c1-14-9-10-16(13-18(14)24-3)11-12-22-20(23)15(2)19(21)17-7-5-4-6-8-17/h4-10,13,15,19H,11-12,21H2,1-3H3,(H,22,23). The highest BCUT2D eigenvalue weighted by molar-refractivity contribution is 5.79. The second kappa shape index (κ2) is 8.50. The van der Waals surface area contributed by atoms with Gasteiger partial charge in [0, 0.05) is 12.6 Å². The number of carbonyl (C=O) groups excluding carboxylic acids is 1. The Balaban J connectivity index is 1.86. The van der Waals surface area contributed by atoms with Crippen molar-refractivity contribution in [3.63, 3.8) is 0 Å². The SMILES string of the molecule is COc1cc(CCNC(=O)C(C)C(N)c2ccccc2)ccc1C. The summed E-state index contributed by atoms with van der Waals surface area (Å²) in [5, 5.41) is 2.97. The second-order valence-corrected chi connectivity index (χ2v) is 6.07. The Morgan fingerprint density at radius 2 is 1.92 bits per heavy atom. The summed E-state index contributed by atoms with van der Waals surface area (Å²) < 4.78 is 5.33. The minimum absolute atomic E-state index is 0.0228. The van der Waals surface area contributed by atoms with Crippen LogP contribution in [-0.4, -0.2) is 19.6 Å². The summed E-state index contributed by atoms with van der Waals surface area (Å²) >= 11 is 0. The summed E-state index contributed by atoms with van der Waals surface area (Å²) in [6, 6.07) is 15.5. The van der Waals surface area contributed by atoms with Crippen molar-refractivity contribution in [3.8, 4) is 5.75 Å². The zero-order chi connectivity index (χ0) is 17.5. The number of amides is 1. The molecule has 0 bridgehead atoms. The zero-order valence-corrected chi connectivity index (χ0v) is 14.6. The molecule has 0 aliphatic rings. The molecule has 2 rings (SSSR count). The molecule has 0 saturated carbocycles. The smallest absolute Gasteiger partial charge is 0.224 e. The van der Waals surface area contributed by atoms with Crippen molar-refractivity contribution in [3.05, 3.63) is 65.2 Å². The van der Waals surface area contributed by atoms with E-state index in [-0.39, 0.29) is 17.9 Å². The molecule has 0 aliphatic heterocycles. The lowest BCUT2D eigenvalue weighted by atomic mass is 9.94. The highest BCUT2D eigenvalue weighted by Gasteiger charge is 2.21. The molecule has 0 radical (unpaired) electrons. The van der Waals surface area contributed by atoms with Crippen molar-refractivity contribution in [2.24, 2.45) is 11.7 Å². The first-order valence-corrected chi connectivity index (χ1v) is 8.24. The quantitative estimate of drug-likeness (QED) is 0.822. The lowest BCUT2D eigenvalue weighted by Crippen LogP contribution is -2.36. The van der Waals surface area contributed by atoms with Crippen LogP contribution in [0, 0.1) is 12.8 Å². The van der Waals surface area contributed by atoms with E-state index in [2.05, 4.69) is 11.4 Å². The Bertz CT molecular complexity index is 671. The fourth-order valence-corrected chi connectivity index (χ4v) is 2.64. The highest BCUT2D eigenvalue weighted by atomic mass is 16.5. The van der Waals surface area contributed by atoms with Gasteiger partial charge in [-0.3, -0.25) is 4.79 Å². The van der Waals surface area contributed by atoms with Crippen LogP contribution in [0.25, 0.3) is 0 Å². The summed E-state index contributed by atoms with van der Waals surface area (Å²) in [5.74, 6) is 0.573. The molecule has 0 spiro atoms. The summed E-state index contributed by atoms with van der Waals surface area (Å²) in [4.78, 5) is 12.3. The summed E-state index contributed by atoms with van der Waals surface area (Å²) in [7, 11) is 1.67. The van der Waals surface area contributed by atoms with E-state index in [0.29, 0.717) is 6.54 Å². The third-order valence-corrected chi connectivity index (χ3v) is 4.32. The predicted molar refractivity (Wildman–Crippen MR) is 97.0 cm³/mol. The number of rotatable bonds is 7. The van der Waals surface area contributed by atoms with Crippen LogP contribution < -0.4 is 15.8 Å². The Morgan fingerprint density at radius 3 is 2.58 bits per heavy atom. The van der Waals surface area contributed by atoms with Crippen LogP contribution in [0.4, 0.5) is 0 Å². The average Bonchev–Trinajstić information content (AvgIpc) is 2.62. The molecule has 2 atom stereocenters. The second-order valence-electron chi connectivity index (χ2n) is 6.07. The van der Waals surface area contributed by atoms with E-state index in [1.165, 1.54) is 0 Å². The van der Waals surface area contributed by atoms with Crippen LogP contribution in [0.3, 0.4) is 0 Å². The van der Waals surface area contributed by atoms with Crippen LogP contribution in [0.5, 0.6) is 5.75 Å². The van der Waals surface area contributed by atoms with Gasteiger partial charge >= 0.3 is 0 Å². The molecule has 1 amide bonds. The third-order valence-electron chi connectivity index (χ3n) is 4.32. The van der Waals surface area contributed by atoms with Gasteiger partial charge in [0.25, 0.3) is 0 Å². The molecule has 0 aromatic heterocycles. The minimum Gasteiger partial charge on any atom is -0.496 e. The number of benzene rings is 2. The Hall–Kier alpha value is -2.33. The van der Waals surface area contributed by atoms with E-state index in [0.717, 1.165) is 28.9 Å². The van der Waals surface area contributed by atoms with E-state index in [1.54, 1.807) is 7.11 Å². The molecule has 2 unspecified atom stereocenters. The zero-order valence-electron chi connectivity index (χ0n) is 14.6. The van der Waals surface area contributed by atoms with Crippen LogP contribution >= 0.6 is 0 Å². The number of nitrogens with one attached hydrogen (secondary N) is 1. The third kappa shape index (κ3) is 4.59. The van der Waals surface area contributed by atoms with Crippen molar-refractivity contribution in [1.29, 1.82) is 0 Å². The molecule has 2 aromatic rings. The first-order chi connectivity index (χ1) is 11.5. The van der Waals surface area contributed by atoms with Crippen LogP contribution in [-0.2, 0) is 11.2 Å². The largest absolute Gasteiger partial charge is 0.496 e. The molecule has 4 heteroatoms. The first kappa shape index (κ1) is 18.0. The van der Waals surface area contributed by atoms with Gasteiger partial charge in [0.1, 0.15) is 5.75 Å². The summed E-state index contributed by atoms with van der Waals surface area (Å²) in [5.41, 5.74) is 9.42. The van der Waals surface area contributed by atoms with E-state index in [1.807, 2.05) is 56.3 Å². The van der Waals surface area contributed by atoms with Crippen LogP contribution in [0.2, 0.25) is 0 Å². The van der Waals surface area contributed by atoms with Crippen molar-refractivity contribution in [2.75, 3.05) is 13.7 Å². The predicted octanol–water partition coefficient (Wildman–Crippen LogP) is 3.00. The van der Waals surface area contributed by atoms with Crippen molar-refractivity contribution >= 4 is 5.91 Å². The van der Waals surface area contributed by atoms with Gasteiger partial charge in [-0.15, -0.1) is 0 Å². The topological polar surface area (TPSA) is 64.3 Å². The molecule has 0 saturated heterocycles. The van der Waals surface area contributed by atoms with Gasteiger partial charge < -0.3 is 15.8 Å². The normalized spacial score (nSPS) is 13.2. The molecule has 4 nitrogen and oxygen atoms in total. The number of carbonyl (C=O) groups is 1. The fraction of sp³-hybridized carbons (Fsp3) is 0.350. The van der Waals surface area contributed by atoms with Gasteiger partial charge in [-0.25, -0.2) is 0 Å². The number of hydrogen-bond donors (Lipinski definition) is 2. The van der Waals surface area contributed by atoms with Gasteiger partial charge in [-0.05, 0) is 36.1 Å². The minimum atomic E-state index is -0.300. The first-order valence-electron chi connectivity index (χ1n) is 8.24. The van der Waals surface area contributed by atoms with E-state index >= 15 is 0 Å². The van der Waals surface area contributed by atoms with Gasteiger partial charge in [-0.2, -0.15) is 0 Å². The van der Waals surface area contributed by atoms with Gasteiger partial charge in [0.05, 0.1) is 13.0 Å². The molecule has 0 fully saturated rings. The molecule has 0 aliphatic carbocycles. The Labute approximate surface area is 144 Å². The maximum atomic E-state index is 12.3. The summed E-state index contributed by atoms with van der Waals surface area (Å²) in [6.45, 7) is 4.45. The monoisotopic (exact) mass is 326 g/mol. The molecule has 3 N–H and O–H groups in total. The van der Waals surface area contributed by atoms with Crippen molar-refractivity contribution < 1.29 is 9.53 Å². The maximum absolute atomic E-state index is 12.3. The van der Waals surface area contributed by atoms with E-state index in [9.17, 15) is 4.79 Å². The van der Waals surface area contributed by atoms with Gasteiger partial charge in [-0.1, -0.05) is 49.4 Å². The van der Waals surface area contributed by atoms with Crippen molar-refractivity contribution in [2.45, 2.75) is 26.3 Å². The molecule has 128 valence electrons. The molecule has 0 heterocycles. The van der Waals surface area contributed by atoms with Gasteiger partial charge in [0.2, 0.25) is 5.91 Å². The molecular weight excluding hydrogens is 300 g/mol. The molecule has 24 heavy (non-hydrogen) atoms. The van der Waals surface area contributed by atoms with E-state index in [4.69, 9.17) is 10.5 Å². The lowest BCUT2D eigenvalue weighted by Gasteiger charge is -2.20. The highest BCUT2D eigenvalue weighted by Crippen LogP contribution is 2.20. The number of aryl methyl sites for hydroxylation is 1. The molecule has 2 aromatic carbocycles. The number of hydrogen-bond acceptors (Lipinski definition) is 3. The number of ether oxygens (including phenoxy) is 1. The number of nitrogens with two attached hydrogens (primary N) is 1. The maximum Gasteiger partial charge on any atom is 0.224 e. The van der Waals surface area contributed by atoms with E-state index < -0.39 is 0 Å². The fourth-order valence-electron chi connectivity index (χ4n) is 2.64. The average molecular weight is 326 g/mol. The molecular formula is C20H26N2O2. The van der Waals surface area contributed by atoms with Gasteiger partial charge in [0.15, 0.2) is 0 Å². The van der Waals surface area contributed by atoms with Crippen LogP contribution in [0.15, 0.2) is 48.5 Å². The van der Waals surface area contributed by atoms with Crippen molar-refractivity contribution in [1.82, 2.24) is 5.32 Å². The summed E-state index contributed by atoms with van der Waals surface area (Å²) in [6.07, 6.45) is 0.760. The lowest BCUT2D eigenvalue weighted by molar-refractivity contribution is -0.125. The van der Waals surface area contributed by atoms with Crippen LogP contribution in [0.1, 0.15) is 29.7 Å². The number of methoxy groups -OCH3 is 1.